The number of hydrogen-bond donors (Lipinski definition) is 2. The second-order valence-electron chi connectivity index (χ2n) is 6.47. The second-order valence-corrected chi connectivity index (χ2v) is 7.03. The first-order chi connectivity index (χ1) is 12.3. The molecule has 0 spiro atoms. The molecule has 0 bridgehead atoms. The summed E-state index contributed by atoms with van der Waals surface area (Å²) >= 11 is 6.16. The van der Waals surface area contributed by atoms with Crippen molar-refractivity contribution < 1.29 is 19.0 Å². The smallest absolute Gasteiger partial charge is 0.341 e. The number of aromatic carboxylic acids is 1. The van der Waals surface area contributed by atoms with Crippen molar-refractivity contribution in [3.8, 4) is 5.75 Å². The third-order valence-electron chi connectivity index (χ3n) is 4.75. The number of carboxylic acid groups (broad SMARTS) is 1. The predicted octanol–water partition coefficient (Wildman–Crippen LogP) is 0.511. The first kappa shape index (κ1) is 16.9. The Morgan fingerprint density at radius 3 is 2.81 bits per heavy atom. The number of hydrogen-bond acceptors (Lipinski definition) is 6. The van der Waals surface area contributed by atoms with Gasteiger partial charge in [0.25, 0.3) is 0 Å². The Labute approximate surface area is 152 Å². The molecule has 2 unspecified atom stereocenters. The number of nitrogens with zero attached hydrogens (tertiary/aromatic N) is 3. The van der Waals surface area contributed by atoms with Gasteiger partial charge in [-0.1, -0.05) is 0 Å². The fourth-order valence-electron chi connectivity index (χ4n) is 3.44. The van der Waals surface area contributed by atoms with Crippen LogP contribution >= 0.6 is 11.6 Å². The van der Waals surface area contributed by atoms with Crippen molar-refractivity contribution in [2.45, 2.75) is 11.4 Å². The number of benzene rings is 1. The molecule has 2 aliphatic rings. The van der Waals surface area contributed by atoms with Crippen molar-refractivity contribution in [1.82, 2.24) is 4.68 Å². The SMILES string of the molecule is CN1COc2c(N3CC(N)C(Cl)C3)c(F)cc3c(=O)c(C(=O)O)cn1c23. The van der Waals surface area contributed by atoms with Gasteiger partial charge in [0.2, 0.25) is 5.43 Å². The molecule has 26 heavy (non-hydrogen) atoms. The summed E-state index contributed by atoms with van der Waals surface area (Å²) < 4.78 is 22.1. The summed E-state index contributed by atoms with van der Waals surface area (Å²) in [4.78, 5) is 25.6. The van der Waals surface area contributed by atoms with Crippen LogP contribution in [0.3, 0.4) is 0 Å². The van der Waals surface area contributed by atoms with Gasteiger partial charge in [-0.25, -0.2) is 9.18 Å². The molecule has 2 atom stereocenters. The lowest BCUT2D eigenvalue weighted by atomic mass is 10.1. The Hall–Kier alpha value is -2.52. The summed E-state index contributed by atoms with van der Waals surface area (Å²) in [5.41, 5.74) is 5.24. The molecule has 1 fully saturated rings. The maximum atomic E-state index is 14.9. The van der Waals surface area contributed by atoms with Crippen molar-refractivity contribution in [2.75, 3.05) is 36.8 Å². The number of nitrogens with two attached hydrogens (primary N) is 1. The number of anilines is 1. The van der Waals surface area contributed by atoms with Crippen LogP contribution in [0.25, 0.3) is 10.9 Å². The molecule has 1 aromatic carbocycles. The highest BCUT2D eigenvalue weighted by Crippen LogP contribution is 2.41. The minimum atomic E-state index is -1.37. The predicted molar refractivity (Wildman–Crippen MR) is 94.6 cm³/mol. The molecule has 0 radical (unpaired) electrons. The number of carboxylic acids is 1. The maximum Gasteiger partial charge on any atom is 0.341 e. The Balaban J connectivity index is 2.04. The molecule has 0 aliphatic carbocycles. The zero-order chi connectivity index (χ0) is 18.7. The first-order valence-corrected chi connectivity index (χ1v) is 8.37. The molecule has 3 N–H and O–H groups in total. The number of aromatic nitrogens is 1. The van der Waals surface area contributed by atoms with Crippen LogP contribution in [0.5, 0.6) is 5.75 Å². The summed E-state index contributed by atoms with van der Waals surface area (Å²) in [6.07, 6.45) is 1.22. The van der Waals surface area contributed by atoms with Crippen LogP contribution in [0.15, 0.2) is 17.1 Å². The Morgan fingerprint density at radius 1 is 1.46 bits per heavy atom. The Morgan fingerprint density at radius 2 is 2.19 bits per heavy atom. The normalized spacial score (nSPS) is 22.0. The van der Waals surface area contributed by atoms with E-state index in [0.717, 1.165) is 6.07 Å². The molecular formula is C16H16ClFN4O4. The van der Waals surface area contributed by atoms with E-state index in [-0.39, 0.29) is 35.0 Å². The van der Waals surface area contributed by atoms with E-state index in [2.05, 4.69) is 0 Å². The summed E-state index contributed by atoms with van der Waals surface area (Å²) in [7, 11) is 1.67. The Kier molecular flexibility index (Phi) is 3.74. The fourth-order valence-corrected chi connectivity index (χ4v) is 3.69. The van der Waals surface area contributed by atoms with Crippen LogP contribution in [-0.2, 0) is 0 Å². The standard InChI is InChI=1S/C16H16ClFN4O4/c1-20-6-26-15-12-7(14(23)8(16(24)25)3-22(12)20)2-10(18)13(15)21-4-9(17)11(19)5-21/h2-3,9,11H,4-6,19H2,1H3,(H,24,25). The molecule has 1 aromatic heterocycles. The summed E-state index contributed by atoms with van der Waals surface area (Å²) in [5.74, 6) is -1.87. The molecule has 2 aromatic rings. The van der Waals surface area contributed by atoms with Gasteiger partial charge in [0, 0.05) is 32.4 Å². The van der Waals surface area contributed by atoms with Crippen molar-refractivity contribution in [1.29, 1.82) is 0 Å². The third-order valence-corrected chi connectivity index (χ3v) is 5.21. The molecule has 4 rings (SSSR count). The third kappa shape index (κ3) is 2.31. The average molecular weight is 383 g/mol. The van der Waals surface area contributed by atoms with E-state index < -0.39 is 22.8 Å². The highest BCUT2D eigenvalue weighted by molar-refractivity contribution is 6.21. The van der Waals surface area contributed by atoms with Crippen LogP contribution < -0.4 is 25.8 Å². The van der Waals surface area contributed by atoms with Gasteiger partial charge in [-0.2, -0.15) is 0 Å². The van der Waals surface area contributed by atoms with E-state index in [9.17, 15) is 19.1 Å². The van der Waals surface area contributed by atoms with Crippen molar-refractivity contribution in [3.05, 3.63) is 33.9 Å². The van der Waals surface area contributed by atoms with Crippen LogP contribution in [0.1, 0.15) is 10.4 Å². The highest BCUT2D eigenvalue weighted by Gasteiger charge is 2.35. The number of halogens is 2. The average Bonchev–Trinajstić information content (AvgIpc) is 2.90. The van der Waals surface area contributed by atoms with Crippen molar-refractivity contribution in [3.63, 3.8) is 0 Å². The van der Waals surface area contributed by atoms with E-state index in [1.807, 2.05) is 0 Å². The number of carbonyl (C=O) groups is 1. The van der Waals surface area contributed by atoms with Crippen molar-refractivity contribution >= 4 is 34.2 Å². The zero-order valence-electron chi connectivity index (χ0n) is 13.8. The molecule has 10 heteroatoms. The van der Waals surface area contributed by atoms with E-state index >= 15 is 0 Å². The minimum Gasteiger partial charge on any atom is -0.477 e. The number of alkyl halides is 1. The molecule has 2 aliphatic heterocycles. The summed E-state index contributed by atoms with van der Waals surface area (Å²) in [6, 6.07) is 0.733. The van der Waals surface area contributed by atoms with Gasteiger partial charge >= 0.3 is 5.97 Å². The lowest BCUT2D eigenvalue weighted by Gasteiger charge is -2.33. The topological polar surface area (TPSA) is 101 Å². The second kappa shape index (κ2) is 5.75. The number of rotatable bonds is 2. The molecule has 0 amide bonds. The maximum absolute atomic E-state index is 14.9. The number of ether oxygens (including phenoxy) is 1. The molecule has 1 saturated heterocycles. The molecular weight excluding hydrogens is 367 g/mol. The van der Waals surface area contributed by atoms with Gasteiger partial charge < -0.3 is 20.5 Å². The largest absolute Gasteiger partial charge is 0.477 e. The molecule has 3 heterocycles. The Bertz CT molecular complexity index is 985. The minimum absolute atomic E-state index is 0.0568. The summed E-state index contributed by atoms with van der Waals surface area (Å²) in [5, 5.41) is 10.5. The van der Waals surface area contributed by atoms with Gasteiger partial charge in [0.15, 0.2) is 18.3 Å². The van der Waals surface area contributed by atoms with Crippen LogP contribution in [0.2, 0.25) is 0 Å². The summed E-state index contributed by atoms with van der Waals surface area (Å²) in [6.45, 7) is 0.750. The first-order valence-electron chi connectivity index (χ1n) is 7.93. The number of pyridine rings is 1. The monoisotopic (exact) mass is 382 g/mol. The highest BCUT2D eigenvalue weighted by atomic mass is 35.5. The van der Waals surface area contributed by atoms with Gasteiger partial charge in [0.05, 0.1) is 10.8 Å². The van der Waals surface area contributed by atoms with E-state index in [1.165, 1.54) is 10.9 Å². The van der Waals surface area contributed by atoms with E-state index in [1.54, 1.807) is 17.0 Å². The van der Waals surface area contributed by atoms with E-state index in [0.29, 0.717) is 18.6 Å². The van der Waals surface area contributed by atoms with E-state index in [4.69, 9.17) is 22.1 Å². The van der Waals surface area contributed by atoms with Gasteiger partial charge in [0.1, 0.15) is 16.8 Å². The van der Waals surface area contributed by atoms with Crippen LogP contribution in [0, 0.1) is 5.82 Å². The molecule has 8 nitrogen and oxygen atoms in total. The van der Waals surface area contributed by atoms with Gasteiger partial charge in [-0.15, -0.1) is 11.6 Å². The quantitative estimate of drug-likeness (QED) is 0.730. The van der Waals surface area contributed by atoms with Crippen molar-refractivity contribution in [2.24, 2.45) is 5.73 Å². The van der Waals surface area contributed by atoms with Gasteiger partial charge in [-0.3, -0.25) is 14.5 Å². The van der Waals surface area contributed by atoms with Crippen LogP contribution in [0.4, 0.5) is 10.1 Å². The van der Waals surface area contributed by atoms with Crippen LogP contribution in [-0.4, -0.2) is 54.0 Å². The van der Waals surface area contributed by atoms with Gasteiger partial charge in [-0.05, 0) is 6.07 Å². The lowest BCUT2D eigenvalue weighted by Crippen LogP contribution is -2.40. The molecule has 0 saturated carbocycles. The molecule has 138 valence electrons. The fraction of sp³-hybridized carbons (Fsp3) is 0.375. The lowest BCUT2D eigenvalue weighted by molar-refractivity contribution is 0.0694. The zero-order valence-corrected chi connectivity index (χ0v) is 14.5.